The lowest BCUT2D eigenvalue weighted by molar-refractivity contribution is -0.122. The van der Waals surface area contributed by atoms with Crippen LogP contribution in [0.25, 0.3) is 0 Å². The van der Waals surface area contributed by atoms with Crippen molar-refractivity contribution in [1.29, 1.82) is 0 Å². The van der Waals surface area contributed by atoms with Crippen LogP contribution in [0.4, 0.5) is 0 Å². The Kier molecular flexibility index (Phi) is 9.62. The first-order chi connectivity index (χ1) is 17.5. The first-order valence-electron chi connectivity index (χ1n) is 14.1. The van der Waals surface area contributed by atoms with Gasteiger partial charge in [-0.05, 0) is 74.7 Å². The van der Waals surface area contributed by atoms with Crippen LogP contribution < -0.4 is 15.5 Å². The molecule has 4 aliphatic rings. The van der Waals surface area contributed by atoms with Gasteiger partial charge < -0.3 is 15.5 Å². The maximum Gasteiger partial charge on any atom is 0.281 e. The van der Waals surface area contributed by atoms with E-state index in [0.717, 1.165) is 11.1 Å². The van der Waals surface area contributed by atoms with Gasteiger partial charge in [-0.15, -0.1) is 4.90 Å². The molecule has 0 unspecified atom stereocenters. The molecule has 2 heterocycles. The second-order valence-electron chi connectivity index (χ2n) is 11.0. The van der Waals surface area contributed by atoms with Crippen LogP contribution >= 0.6 is 0 Å². The van der Waals surface area contributed by atoms with Gasteiger partial charge in [-0.25, -0.2) is 0 Å². The molecule has 2 aliphatic carbocycles. The minimum absolute atomic E-state index is 0.0719. The fourth-order valence-corrected chi connectivity index (χ4v) is 5.95. The summed E-state index contributed by atoms with van der Waals surface area (Å²) in [7, 11) is 0. The van der Waals surface area contributed by atoms with Gasteiger partial charge in [0.05, 0.1) is 0 Å². The van der Waals surface area contributed by atoms with Crippen molar-refractivity contribution in [1.82, 2.24) is 20.4 Å². The Bertz CT molecular complexity index is 813. The monoisotopic (exact) mass is 492 g/mol. The first kappa shape index (κ1) is 26.5. The van der Waals surface area contributed by atoms with E-state index in [0.29, 0.717) is 24.9 Å². The van der Waals surface area contributed by atoms with E-state index in [1.165, 1.54) is 64.2 Å². The normalized spacial score (nSPS) is 23.1. The molecule has 0 aromatic carbocycles. The Balaban J connectivity index is 1.20. The lowest BCUT2D eigenvalue weighted by atomic mass is 9.84. The van der Waals surface area contributed by atoms with Gasteiger partial charge >= 0.3 is 0 Å². The lowest BCUT2D eigenvalue weighted by Gasteiger charge is -2.29. The third kappa shape index (κ3) is 7.70. The second kappa shape index (κ2) is 13.1. The maximum absolute atomic E-state index is 12.5. The maximum atomic E-state index is 12.5. The smallest absolute Gasteiger partial charge is 0.281 e. The van der Waals surface area contributed by atoms with E-state index in [1.807, 2.05) is 58.9 Å². The molecule has 2 saturated carbocycles. The van der Waals surface area contributed by atoms with Gasteiger partial charge in [0.1, 0.15) is 6.54 Å². The van der Waals surface area contributed by atoms with E-state index >= 15 is 0 Å². The van der Waals surface area contributed by atoms with Gasteiger partial charge in [-0.3, -0.25) is 9.59 Å². The summed E-state index contributed by atoms with van der Waals surface area (Å²) in [4.78, 5) is 28.9. The van der Waals surface area contributed by atoms with Gasteiger partial charge in [-0.1, -0.05) is 38.5 Å². The van der Waals surface area contributed by atoms with Crippen molar-refractivity contribution in [2.75, 3.05) is 13.1 Å². The molecule has 1 radical (unpaired) electrons. The Hall–Kier alpha value is -2.60. The molecule has 0 aromatic rings. The van der Waals surface area contributed by atoms with Crippen LogP contribution in [-0.2, 0) is 9.59 Å². The zero-order valence-corrected chi connectivity index (χ0v) is 22.1. The van der Waals surface area contributed by atoms with Crippen molar-refractivity contribution in [2.24, 2.45) is 11.8 Å². The molecule has 0 saturated heterocycles. The Morgan fingerprint density at radius 3 is 1.78 bits per heavy atom. The number of nitrogens with zero attached hydrogens (tertiary/aromatic N) is 2. The van der Waals surface area contributed by atoms with Gasteiger partial charge in [0.25, 0.3) is 5.91 Å². The van der Waals surface area contributed by atoms with Crippen molar-refractivity contribution >= 4 is 11.8 Å². The van der Waals surface area contributed by atoms with Crippen molar-refractivity contribution in [2.45, 2.75) is 90.1 Å². The molecule has 6 heteroatoms. The molecule has 2 amide bonds. The number of nitrogens with one attached hydrogen (secondary N) is 2. The lowest BCUT2D eigenvalue weighted by Crippen LogP contribution is -2.43. The number of rotatable bonds is 8. The summed E-state index contributed by atoms with van der Waals surface area (Å²) in [6.07, 6.45) is 28.7. The van der Waals surface area contributed by atoms with E-state index in [2.05, 4.69) is 24.5 Å². The molecule has 195 valence electrons. The summed E-state index contributed by atoms with van der Waals surface area (Å²) < 4.78 is 0. The number of allylic oxidation sites excluding steroid dienone is 6. The Morgan fingerprint density at radius 1 is 0.778 bits per heavy atom. The zero-order valence-electron chi connectivity index (χ0n) is 22.1. The van der Waals surface area contributed by atoms with Crippen LogP contribution in [0.2, 0.25) is 0 Å². The molecule has 2 N–H and O–H groups in total. The highest BCUT2D eigenvalue weighted by molar-refractivity contribution is 5.79. The standard InChI is InChI=1S/C30H44N4O2/c1-23(25-9-5-3-6-10-25)31-29(35)21-33-17-13-27(14-18-33)28-15-19-34(20-16-28)22-30(36)32-24(2)26-11-7-4-8-12-26/h13-20,23-26H,3-12,21-22H2,1-2H3,(H,31,35)(H,32,36)/q+1/t23-,24-/m1/s1. The van der Waals surface area contributed by atoms with Crippen molar-refractivity contribution in [3.05, 3.63) is 60.3 Å². The third-order valence-electron chi connectivity index (χ3n) is 8.26. The van der Waals surface area contributed by atoms with E-state index in [-0.39, 0.29) is 23.9 Å². The number of carbonyl (C=O) groups excluding carboxylic acids is 2. The summed E-state index contributed by atoms with van der Waals surface area (Å²) in [6.45, 7) is 4.95. The molecule has 2 aliphatic heterocycles. The van der Waals surface area contributed by atoms with Gasteiger partial charge in [0.15, 0.2) is 12.4 Å². The van der Waals surface area contributed by atoms with E-state index in [4.69, 9.17) is 0 Å². The number of carbonyl (C=O) groups is 2. The highest BCUT2D eigenvalue weighted by Gasteiger charge is 2.25. The quantitative estimate of drug-likeness (QED) is 0.470. The van der Waals surface area contributed by atoms with Gasteiger partial charge in [0.2, 0.25) is 12.5 Å². The van der Waals surface area contributed by atoms with Crippen molar-refractivity contribution < 1.29 is 9.59 Å². The molecule has 0 bridgehead atoms. The molecule has 0 aromatic heterocycles. The predicted octanol–water partition coefficient (Wildman–Crippen LogP) is 4.98. The van der Waals surface area contributed by atoms with Crippen molar-refractivity contribution in [3.8, 4) is 0 Å². The summed E-state index contributed by atoms with van der Waals surface area (Å²) in [5.41, 5.74) is 2.18. The van der Waals surface area contributed by atoms with Crippen LogP contribution in [-0.4, -0.2) is 41.9 Å². The molecule has 0 spiro atoms. The summed E-state index contributed by atoms with van der Waals surface area (Å²) >= 11 is 0. The van der Waals surface area contributed by atoms with Crippen molar-refractivity contribution in [3.63, 3.8) is 0 Å². The highest BCUT2D eigenvalue weighted by atomic mass is 16.2. The van der Waals surface area contributed by atoms with Gasteiger partial charge in [0, 0.05) is 36.6 Å². The summed E-state index contributed by atoms with van der Waals surface area (Å²) in [5.74, 6) is 1.37. The molecule has 6 nitrogen and oxygen atoms in total. The van der Waals surface area contributed by atoms with E-state index in [9.17, 15) is 9.59 Å². The molecule has 2 fully saturated rings. The largest absolute Gasteiger partial charge is 0.352 e. The van der Waals surface area contributed by atoms with Crippen LogP contribution in [0, 0.1) is 11.8 Å². The SMILES string of the molecule is C[C@@H](NC(=O)CN1C=CC(=C2C=C[N+](CC(=O)N[C@H](C)C3CCCCC3)C=C2)C=C1)C1CCCCC1. The molecular weight excluding hydrogens is 448 g/mol. The Labute approximate surface area is 217 Å². The topological polar surface area (TPSA) is 67.3 Å². The number of hydrogen-bond donors (Lipinski definition) is 2. The fraction of sp³-hybridized carbons (Fsp3) is 0.600. The molecule has 2 atom stereocenters. The van der Waals surface area contributed by atoms with E-state index < -0.39 is 0 Å². The zero-order chi connectivity index (χ0) is 25.3. The van der Waals surface area contributed by atoms with Crippen LogP contribution in [0.3, 0.4) is 0 Å². The molecule has 36 heavy (non-hydrogen) atoms. The molecule has 4 rings (SSSR count). The minimum Gasteiger partial charge on any atom is -0.352 e. The average Bonchev–Trinajstić information content (AvgIpc) is 2.90. The minimum atomic E-state index is 0.0719. The average molecular weight is 493 g/mol. The van der Waals surface area contributed by atoms with E-state index in [1.54, 1.807) is 0 Å². The summed E-state index contributed by atoms with van der Waals surface area (Å²) in [6, 6.07) is 0.484. The summed E-state index contributed by atoms with van der Waals surface area (Å²) in [5, 5.41) is 6.40. The first-order valence-corrected chi connectivity index (χ1v) is 14.1. The highest BCUT2D eigenvalue weighted by Crippen LogP contribution is 2.27. The number of hydrogen-bond acceptors (Lipinski definition) is 4. The fourth-order valence-electron chi connectivity index (χ4n) is 5.95. The van der Waals surface area contributed by atoms with Crippen LogP contribution in [0.1, 0.15) is 78.1 Å². The molecular formula is C30H44N4O2+. The van der Waals surface area contributed by atoms with Gasteiger partial charge in [-0.2, -0.15) is 0 Å². The Morgan fingerprint density at radius 2 is 1.25 bits per heavy atom. The number of amides is 2. The third-order valence-corrected chi connectivity index (χ3v) is 8.26. The van der Waals surface area contributed by atoms with Crippen LogP contribution in [0.5, 0.6) is 0 Å². The predicted molar refractivity (Wildman–Crippen MR) is 146 cm³/mol. The van der Waals surface area contributed by atoms with Crippen LogP contribution in [0.15, 0.2) is 60.3 Å². The second-order valence-corrected chi connectivity index (χ2v) is 11.0.